The molecule has 1 aliphatic rings. The summed E-state index contributed by atoms with van der Waals surface area (Å²) < 4.78 is 0. The summed E-state index contributed by atoms with van der Waals surface area (Å²) in [6, 6.07) is 0. The van der Waals surface area contributed by atoms with Gasteiger partial charge in [-0.15, -0.1) is 0 Å². The molecule has 0 bridgehead atoms. The van der Waals surface area contributed by atoms with Crippen LogP contribution in [0.2, 0.25) is 0 Å². The van der Waals surface area contributed by atoms with E-state index in [1.165, 1.54) is 22.3 Å². The Labute approximate surface area is 74.7 Å². The van der Waals surface area contributed by atoms with Crippen molar-refractivity contribution in [3.63, 3.8) is 0 Å². The molecule has 0 fully saturated rings. The Kier molecular flexibility index (Phi) is 2.41. The summed E-state index contributed by atoms with van der Waals surface area (Å²) in [6.45, 7) is 8.45. The monoisotopic (exact) mass is 163 g/mol. The minimum atomic E-state index is 0.956. The van der Waals surface area contributed by atoms with Crippen molar-refractivity contribution in [3.8, 4) is 0 Å². The number of rotatable bonds is 0. The number of hydrogen-bond acceptors (Lipinski definition) is 1. The predicted molar refractivity (Wildman–Crippen MR) is 53.6 cm³/mol. The summed E-state index contributed by atoms with van der Waals surface area (Å²) in [5.74, 6) is 0. The average Bonchev–Trinajstić information content (AvgIpc) is 2.00. The molecule has 0 saturated heterocycles. The molecule has 0 aliphatic heterocycles. The highest BCUT2D eigenvalue weighted by molar-refractivity contribution is 5.48. The molecule has 1 nitrogen and oxygen atoms in total. The van der Waals surface area contributed by atoms with Crippen LogP contribution in [0.4, 0.5) is 0 Å². The van der Waals surface area contributed by atoms with Crippen LogP contribution in [0.5, 0.6) is 0 Å². The van der Waals surface area contributed by atoms with Crippen molar-refractivity contribution in [1.82, 2.24) is 0 Å². The van der Waals surface area contributed by atoms with Crippen LogP contribution in [0.15, 0.2) is 34.1 Å². The van der Waals surface area contributed by atoms with Gasteiger partial charge in [0.1, 0.15) is 0 Å². The molecule has 0 heterocycles. The van der Waals surface area contributed by atoms with Gasteiger partial charge >= 0.3 is 0 Å². The first-order chi connectivity index (χ1) is 5.54. The Morgan fingerprint density at radius 3 is 2.42 bits per heavy atom. The fraction of sp³-hybridized carbons (Fsp3) is 0.455. The lowest BCUT2D eigenvalue weighted by molar-refractivity contribution is 1.04. The predicted octanol–water partition coefficient (Wildman–Crippen LogP) is 2.91. The van der Waals surface area contributed by atoms with E-state index in [2.05, 4.69) is 33.8 Å². The summed E-state index contributed by atoms with van der Waals surface area (Å²) in [5.41, 5.74) is 12.1. The molecule has 12 heavy (non-hydrogen) atoms. The molecule has 2 N–H and O–H groups in total. The first kappa shape index (κ1) is 9.11. The Morgan fingerprint density at radius 1 is 1.33 bits per heavy atom. The maximum atomic E-state index is 5.93. The van der Waals surface area contributed by atoms with E-state index in [0.717, 1.165) is 12.1 Å². The third kappa shape index (κ3) is 1.45. The van der Waals surface area contributed by atoms with Crippen molar-refractivity contribution in [3.05, 3.63) is 34.1 Å². The van der Waals surface area contributed by atoms with Crippen LogP contribution in [0.1, 0.15) is 34.1 Å². The van der Waals surface area contributed by atoms with E-state index in [1.54, 1.807) is 0 Å². The average molecular weight is 163 g/mol. The minimum absolute atomic E-state index is 0.956. The van der Waals surface area contributed by atoms with Crippen LogP contribution in [-0.2, 0) is 0 Å². The first-order valence-electron chi connectivity index (χ1n) is 4.34. The maximum Gasteiger partial charge on any atom is 0.0373 e. The molecular formula is C11H17N. The SMILES string of the molecule is CC1=CCC(=C(C)C)C(C)=C1N. The van der Waals surface area contributed by atoms with Gasteiger partial charge in [0.2, 0.25) is 0 Å². The first-order valence-corrected chi connectivity index (χ1v) is 4.34. The lowest BCUT2D eigenvalue weighted by Crippen LogP contribution is -2.08. The highest BCUT2D eigenvalue weighted by atomic mass is 14.6. The fourth-order valence-corrected chi connectivity index (χ4v) is 1.56. The standard InChI is InChI=1S/C11H17N/c1-7(2)10-6-5-8(3)11(12)9(10)4/h5H,6,12H2,1-4H3. The maximum absolute atomic E-state index is 5.93. The van der Waals surface area contributed by atoms with Gasteiger partial charge in [-0.1, -0.05) is 11.6 Å². The van der Waals surface area contributed by atoms with Gasteiger partial charge in [-0.25, -0.2) is 0 Å². The van der Waals surface area contributed by atoms with E-state index < -0.39 is 0 Å². The van der Waals surface area contributed by atoms with Crippen molar-refractivity contribution in [1.29, 1.82) is 0 Å². The van der Waals surface area contributed by atoms with E-state index in [4.69, 9.17) is 5.73 Å². The Balaban J connectivity index is 3.16. The summed E-state index contributed by atoms with van der Waals surface area (Å²) in [6.07, 6.45) is 3.24. The number of hydrogen-bond donors (Lipinski definition) is 1. The van der Waals surface area contributed by atoms with Gasteiger partial charge in [0.05, 0.1) is 0 Å². The molecule has 0 amide bonds. The van der Waals surface area contributed by atoms with Crippen LogP contribution in [0.3, 0.4) is 0 Å². The summed E-state index contributed by atoms with van der Waals surface area (Å²) in [7, 11) is 0. The highest BCUT2D eigenvalue weighted by Gasteiger charge is 2.11. The molecule has 1 aliphatic carbocycles. The van der Waals surface area contributed by atoms with Crippen molar-refractivity contribution in [2.24, 2.45) is 5.73 Å². The molecule has 66 valence electrons. The van der Waals surface area contributed by atoms with E-state index >= 15 is 0 Å². The van der Waals surface area contributed by atoms with Gasteiger partial charge in [-0.3, -0.25) is 0 Å². The molecule has 0 aromatic carbocycles. The largest absolute Gasteiger partial charge is 0.398 e. The van der Waals surface area contributed by atoms with Crippen LogP contribution < -0.4 is 5.73 Å². The molecular weight excluding hydrogens is 146 g/mol. The second kappa shape index (κ2) is 3.18. The van der Waals surface area contributed by atoms with Crippen molar-refractivity contribution < 1.29 is 0 Å². The van der Waals surface area contributed by atoms with E-state index in [-0.39, 0.29) is 0 Å². The molecule has 0 spiro atoms. The molecule has 0 saturated carbocycles. The number of nitrogens with two attached hydrogens (primary N) is 1. The minimum Gasteiger partial charge on any atom is -0.398 e. The molecule has 0 aromatic rings. The third-order valence-corrected chi connectivity index (χ3v) is 2.50. The van der Waals surface area contributed by atoms with Gasteiger partial charge < -0.3 is 5.73 Å². The third-order valence-electron chi connectivity index (χ3n) is 2.50. The van der Waals surface area contributed by atoms with E-state index in [1.807, 2.05) is 0 Å². The Bertz CT molecular complexity index is 286. The summed E-state index contributed by atoms with van der Waals surface area (Å²) >= 11 is 0. The highest BCUT2D eigenvalue weighted by Crippen LogP contribution is 2.28. The molecule has 0 aromatic heterocycles. The zero-order valence-corrected chi connectivity index (χ0v) is 8.36. The molecule has 1 rings (SSSR count). The lowest BCUT2D eigenvalue weighted by Gasteiger charge is -2.18. The van der Waals surface area contributed by atoms with Gasteiger partial charge in [-0.2, -0.15) is 0 Å². The van der Waals surface area contributed by atoms with Crippen LogP contribution >= 0.6 is 0 Å². The van der Waals surface area contributed by atoms with Crippen LogP contribution in [-0.4, -0.2) is 0 Å². The normalized spacial score (nSPS) is 18.0. The smallest absolute Gasteiger partial charge is 0.0373 e. The molecule has 0 unspecified atom stereocenters. The summed E-state index contributed by atoms with van der Waals surface area (Å²) in [5, 5.41) is 0. The van der Waals surface area contributed by atoms with Crippen molar-refractivity contribution in [2.75, 3.05) is 0 Å². The zero-order valence-electron chi connectivity index (χ0n) is 8.36. The quantitative estimate of drug-likeness (QED) is 0.584. The van der Waals surface area contributed by atoms with Crippen molar-refractivity contribution in [2.45, 2.75) is 34.1 Å². The van der Waals surface area contributed by atoms with Crippen LogP contribution in [0.25, 0.3) is 0 Å². The molecule has 0 atom stereocenters. The van der Waals surface area contributed by atoms with E-state index in [9.17, 15) is 0 Å². The Hall–Kier alpha value is -0.980. The van der Waals surface area contributed by atoms with Crippen molar-refractivity contribution >= 4 is 0 Å². The van der Waals surface area contributed by atoms with Gasteiger partial charge in [-0.05, 0) is 50.8 Å². The van der Waals surface area contributed by atoms with Gasteiger partial charge in [0, 0.05) is 5.70 Å². The van der Waals surface area contributed by atoms with Gasteiger partial charge in [0.25, 0.3) is 0 Å². The molecule has 0 radical (unpaired) electrons. The second-order valence-corrected chi connectivity index (χ2v) is 3.61. The Morgan fingerprint density at radius 2 is 1.92 bits per heavy atom. The fourth-order valence-electron chi connectivity index (χ4n) is 1.56. The summed E-state index contributed by atoms with van der Waals surface area (Å²) in [4.78, 5) is 0. The lowest BCUT2D eigenvalue weighted by atomic mass is 9.90. The van der Waals surface area contributed by atoms with E-state index in [0.29, 0.717) is 0 Å². The van der Waals surface area contributed by atoms with Gasteiger partial charge in [0.15, 0.2) is 0 Å². The topological polar surface area (TPSA) is 26.0 Å². The second-order valence-electron chi connectivity index (χ2n) is 3.61. The molecule has 1 heteroatoms. The zero-order chi connectivity index (χ0) is 9.30. The van der Waals surface area contributed by atoms with Crippen LogP contribution in [0, 0.1) is 0 Å². The number of allylic oxidation sites excluding steroid dienone is 5.